The molecule has 5 aliphatic rings. The molecule has 1 unspecified atom stereocenters. The number of nitrogens with zero attached hydrogens (tertiary/aromatic N) is 1. The molecule has 0 radical (unpaired) electrons. The Bertz CT molecular complexity index is 3840. The van der Waals surface area contributed by atoms with Crippen LogP contribution in [0.4, 0.5) is 17.1 Å². The predicted molar refractivity (Wildman–Crippen MR) is 288 cm³/mol. The lowest BCUT2D eigenvalue weighted by Gasteiger charge is -2.40. The molecule has 70 heavy (non-hydrogen) atoms. The van der Waals surface area contributed by atoms with Crippen LogP contribution in [0.3, 0.4) is 0 Å². The van der Waals surface area contributed by atoms with Crippen LogP contribution < -0.4 is 9.64 Å². The van der Waals surface area contributed by atoms with Gasteiger partial charge in [-0.1, -0.05) is 195 Å². The summed E-state index contributed by atoms with van der Waals surface area (Å²) >= 11 is 1.89. The van der Waals surface area contributed by atoms with Gasteiger partial charge in [-0.2, -0.15) is 0 Å². The molecule has 15 rings (SSSR count). The van der Waals surface area contributed by atoms with Gasteiger partial charge in [0.1, 0.15) is 11.5 Å². The summed E-state index contributed by atoms with van der Waals surface area (Å²) in [5, 5.41) is 2.50. The summed E-state index contributed by atoms with van der Waals surface area (Å²) < 4.78 is 6.77. The van der Waals surface area contributed by atoms with Crippen LogP contribution in [-0.2, 0) is 10.8 Å². The smallest absolute Gasteiger partial charge is 0.132 e. The Balaban J connectivity index is 1.05. The van der Waals surface area contributed by atoms with Gasteiger partial charge in [0.05, 0.1) is 22.2 Å². The van der Waals surface area contributed by atoms with Crippen molar-refractivity contribution < 1.29 is 4.74 Å². The summed E-state index contributed by atoms with van der Waals surface area (Å²) in [6.45, 7) is 2.30. The topological polar surface area (TPSA) is 12.5 Å². The number of hydrogen-bond acceptors (Lipinski definition) is 3. The van der Waals surface area contributed by atoms with E-state index >= 15 is 0 Å². The monoisotopic (exact) mass is 911 g/mol. The number of rotatable bonds is 4. The van der Waals surface area contributed by atoms with Crippen molar-refractivity contribution in [3.8, 4) is 33.8 Å². The molecular formula is C67H45NOS. The highest BCUT2D eigenvalue weighted by atomic mass is 32.2. The van der Waals surface area contributed by atoms with Crippen LogP contribution in [-0.4, -0.2) is 0 Å². The van der Waals surface area contributed by atoms with Crippen molar-refractivity contribution in [1.29, 1.82) is 0 Å². The average molecular weight is 912 g/mol. The molecule has 0 bridgehead atoms. The zero-order chi connectivity index (χ0) is 46.1. The Morgan fingerprint density at radius 3 is 1.70 bits per heavy atom. The fourth-order valence-corrected chi connectivity index (χ4v) is 14.2. The van der Waals surface area contributed by atoms with Gasteiger partial charge in [-0.15, -0.1) is 0 Å². The van der Waals surface area contributed by atoms with Crippen molar-refractivity contribution in [2.45, 2.75) is 34.0 Å². The van der Waals surface area contributed by atoms with Crippen LogP contribution in [0.1, 0.15) is 63.4 Å². The Labute approximate surface area is 412 Å². The van der Waals surface area contributed by atoms with E-state index < -0.39 is 10.8 Å². The molecule has 0 saturated heterocycles. The summed E-state index contributed by atoms with van der Waals surface area (Å²) in [7, 11) is 0. The lowest BCUT2D eigenvalue weighted by molar-refractivity contribution is 0.436. The first-order valence-electron chi connectivity index (χ1n) is 24.6. The van der Waals surface area contributed by atoms with Gasteiger partial charge in [0.2, 0.25) is 0 Å². The quantitative estimate of drug-likeness (QED) is 0.175. The standard InChI is InChI=1S/C67H45NOS/c1-42-33-35-43(36-34-42)47-19-5-11-27-59(47)68(60-28-16-26-57-65(60)48-20-4-6-21-51(48)66(57)53-22-7-12-29-61(53)69-62-30-13-8-23-54(62)66)46-37-38-52-50(41-46)49-39-44-17-2-3-18-45(44)40-58(49)67(52)55-24-9-14-31-63(55)70-64-32-15-10-25-56(64)67/h2-33,35-42H,34H2,1H3. The molecule has 10 aromatic rings. The SMILES string of the molecule is CC1C=CC(c2ccccc2N(c2ccc3c(c2)-c2cc4ccccc4cc2C32c3ccccc3Sc3ccccc32)c2cccc3c2-c2ccccc2C32c3ccccc3Oc3ccccc32)=CC1. The van der Waals surface area contributed by atoms with E-state index in [1.54, 1.807) is 0 Å². The molecule has 2 spiro atoms. The number of anilines is 3. The lowest BCUT2D eigenvalue weighted by Crippen LogP contribution is -2.32. The number of hydrogen-bond donors (Lipinski definition) is 0. The number of benzene rings is 10. The number of allylic oxidation sites excluding steroid dienone is 4. The maximum atomic E-state index is 6.77. The summed E-state index contributed by atoms with van der Waals surface area (Å²) in [5.74, 6) is 2.28. The number of ether oxygens (including phenoxy) is 1. The van der Waals surface area contributed by atoms with E-state index in [1.165, 1.54) is 87.3 Å². The van der Waals surface area contributed by atoms with Gasteiger partial charge < -0.3 is 9.64 Å². The minimum atomic E-state index is -0.604. The van der Waals surface area contributed by atoms with E-state index in [0.29, 0.717) is 5.92 Å². The van der Waals surface area contributed by atoms with Gasteiger partial charge in [0.15, 0.2) is 0 Å². The van der Waals surface area contributed by atoms with Crippen molar-refractivity contribution >= 4 is 45.2 Å². The molecule has 330 valence electrons. The number of fused-ring (bicyclic) bond motifs is 19. The zero-order valence-corrected chi connectivity index (χ0v) is 39.4. The molecular weight excluding hydrogens is 867 g/mol. The molecule has 2 aliphatic heterocycles. The van der Waals surface area contributed by atoms with Crippen LogP contribution in [0.15, 0.2) is 246 Å². The second-order valence-electron chi connectivity index (χ2n) is 19.5. The third kappa shape index (κ3) is 5.30. The maximum absolute atomic E-state index is 6.77. The van der Waals surface area contributed by atoms with E-state index in [1.807, 2.05) is 11.8 Å². The molecule has 0 fully saturated rings. The largest absolute Gasteiger partial charge is 0.457 e. The van der Waals surface area contributed by atoms with Crippen LogP contribution >= 0.6 is 11.8 Å². The highest BCUT2D eigenvalue weighted by Crippen LogP contribution is 2.66. The van der Waals surface area contributed by atoms with E-state index in [9.17, 15) is 0 Å². The van der Waals surface area contributed by atoms with Gasteiger partial charge >= 0.3 is 0 Å². The van der Waals surface area contributed by atoms with Gasteiger partial charge in [-0.05, 0) is 139 Å². The van der Waals surface area contributed by atoms with E-state index in [4.69, 9.17) is 4.74 Å². The third-order valence-corrected chi connectivity index (χ3v) is 17.1. The molecule has 10 aromatic carbocycles. The Kier molecular flexibility index (Phi) is 8.51. The highest BCUT2D eigenvalue weighted by molar-refractivity contribution is 7.99. The summed E-state index contributed by atoms with van der Waals surface area (Å²) in [4.78, 5) is 5.19. The van der Waals surface area contributed by atoms with E-state index in [2.05, 4.69) is 248 Å². The Morgan fingerprint density at radius 1 is 0.443 bits per heavy atom. The zero-order valence-electron chi connectivity index (χ0n) is 38.6. The predicted octanol–water partition coefficient (Wildman–Crippen LogP) is 17.6. The first-order valence-corrected chi connectivity index (χ1v) is 25.4. The van der Waals surface area contributed by atoms with Crippen molar-refractivity contribution in [2.24, 2.45) is 5.92 Å². The number of para-hydroxylation sites is 3. The van der Waals surface area contributed by atoms with Crippen molar-refractivity contribution in [3.05, 3.63) is 287 Å². The molecule has 3 aliphatic carbocycles. The Morgan fingerprint density at radius 2 is 0.986 bits per heavy atom. The van der Waals surface area contributed by atoms with Crippen LogP contribution in [0.2, 0.25) is 0 Å². The van der Waals surface area contributed by atoms with Crippen molar-refractivity contribution in [3.63, 3.8) is 0 Å². The first-order chi connectivity index (χ1) is 34.6. The van der Waals surface area contributed by atoms with E-state index in [-0.39, 0.29) is 0 Å². The second kappa shape index (κ2) is 14.9. The molecule has 0 aromatic heterocycles. The lowest BCUT2D eigenvalue weighted by atomic mass is 9.66. The minimum absolute atomic E-state index is 0.496. The van der Waals surface area contributed by atoms with Crippen molar-refractivity contribution in [2.75, 3.05) is 4.90 Å². The molecule has 2 heterocycles. The molecule has 0 amide bonds. The molecule has 3 heteroatoms. The van der Waals surface area contributed by atoms with Crippen molar-refractivity contribution in [1.82, 2.24) is 0 Å². The van der Waals surface area contributed by atoms with Gasteiger partial charge in [-0.25, -0.2) is 0 Å². The van der Waals surface area contributed by atoms with E-state index in [0.717, 1.165) is 46.1 Å². The first kappa shape index (κ1) is 39.8. The fourth-order valence-electron chi connectivity index (χ4n) is 13.0. The summed E-state index contributed by atoms with van der Waals surface area (Å²) in [5.41, 5.74) is 19.9. The van der Waals surface area contributed by atoms with Crippen LogP contribution in [0.25, 0.3) is 38.6 Å². The summed E-state index contributed by atoms with van der Waals surface area (Å²) in [6.07, 6.45) is 8.14. The van der Waals surface area contributed by atoms with Gasteiger partial charge in [-0.3, -0.25) is 0 Å². The highest BCUT2D eigenvalue weighted by Gasteiger charge is 2.53. The van der Waals surface area contributed by atoms with Crippen LogP contribution in [0.5, 0.6) is 11.5 Å². The maximum Gasteiger partial charge on any atom is 0.132 e. The van der Waals surface area contributed by atoms with Gasteiger partial charge in [0, 0.05) is 37.7 Å². The summed E-state index contributed by atoms with van der Waals surface area (Å²) in [6, 6.07) is 82.0. The molecule has 2 nitrogen and oxygen atoms in total. The minimum Gasteiger partial charge on any atom is -0.457 e. The van der Waals surface area contributed by atoms with Crippen LogP contribution in [0, 0.1) is 5.92 Å². The normalized spacial score (nSPS) is 16.5. The third-order valence-electron chi connectivity index (χ3n) is 15.9. The van der Waals surface area contributed by atoms with Gasteiger partial charge in [0.25, 0.3) is 0 Å². The fraction of sp³-hybridized carbons (Fsp3) is 0.0746. The average Bonchev–Trinajstić information content (AvgIpc) is 3.86. The second-order valence-corrected chi connectivity index (χ2v) is 20.6. The molecule has 0 N–H and O–H groups in total. The molecule has 1 atom stereocenters. The molecule has 0 saturated carbocycles. The Hall–Kier alpha value is -8.11.